The molecule has 0 radical (unpaired) electrons. The Morgan fingerprint density at radius 2 is 1.87 bits per heavy atom. The van der Waals surface area contributed by atoms with Crippen LogP contribution in [0.25, 0.3) is 0 Å². The standard InChI is InChI=1S/C21H22N2O7/c1-28-18-10-15(17(23(26)27)11-19(18)29-2)21(25)30-12-20(24)22-16-9-5-7-13-6-3-4-8-14(13)16/h3-4,6,8,10-11,16H,5,7,9,12H2,1-2H3,(H,22,24)/t16-/m0/s1. The molecule has 0 heterocycles. The minimum Gasteiger partial charge on any atom is -0.493 e. The van der Waals surface area contributed by atoms with Crippen molar-refractivity contribution in [2.45, 2.75) is 25.3 Å². The van der Waals surface area contributed by atoms with Gasteiger partial charge < -0.3 is 19.5 Å². The Morgan fingerprint density at radius 3 is 2.57 bits per heavy atom. The van der Waals surface area contributed by atoms with Crippen molar-refractivity contribution in [3.05, 3.63) is 63.2 Å². The molecule has 0 aliphatic heterocycles. The quantitative estimate of drug-likeness (QED) is 0.420. The zero-order valence-corrected chi connectivity index (χ0v) is 16.7. The van der Waals surface area contributed by atoms with Gasteiger partial charge in [-0.2, -0.15) is 0 Å². The number of fused-ring (bicyclic) bond motifs is 1. The van der Waals surface area contributed by atoms with Gasteiger partial charge in [0.05, 0.1) is 31.3 Å². The number of carbonyl (C=O) groups excluding carboxylic acids is 2. The molecule has 0 saturated heterocycles. The molecule has 158 valence electrons. The molecule has 0 spiro atoms. The summed E-state index contributed by atoms with van der Waals surface area (Å²) >= 11 is 0. The number of nitro groups is 1. The van der Waals surface area contributed by atoms with Crippen LogP contribution in [-0.2, 0) is 16.0 Å². The zero-order chi connectivity index (χ0) is 21.7. The number of amides is 1. The van der Waals surface area contributed by atoms with Crippen LogP contribution in [0.5, 0.6) is 11.5 Å². The summed E-state index contributed by atoms with van der Waals surface area (Å²) in [6.45, 7) is -0.553. The number of hydrogen-bond acceptors (Lipinski definition) is 7. The van der Waals surface area contributed by atoms with Crippen LogP contribution >= 0.6 is 0 Å². The highest BCUT2D eigenvalue weighted by atomic mass is 16.6. The van der Waals surface area contributed by atoms with E-state index in [4.69, 9.17) is 14.2 Å². The summed E-state index contributed by atoms with van der Waals surface area (Å²) in [6.07, 6.45) is 2.69. The van der Waals surface area contributed by atoms with Gasteiger partial charge in [0.2, 0.25) is 0 Å². The number of methoxy groups -OCH3 is 2. The molecule has 0 aromatic heterocycles. The molecule has 3 rings (SSSR count). The molecule has 2 aromatic rings. The fraction of sp³-hybridized carbons (Fsp3) is 0.333. The smallest absolute Gasteiger partial charge is 0.345 e. The molecule has 0 fully saturated rings. The number of hydrogen-bond donors (Lipinski definition) is 1. The first-order chi connectivity index (χ1) is 14.4. The molecule has 1 atom stereocenters. The van der Waals surface area contributed by atoms with Gasteiger partial charge in [0.15, 0.2) is 18.1 Å². The molecule has 9 nitrogen and oxygen atoms in total. The predicted molar refractivity (Wildman–Crippen MR) is 107 cm³/mol. The van der Waals surface area contributed by atoms with E-state index < -0.39 is 29.1 Å². The number of benzene rings is 2. The molecule has 1 aliphatic carbocycles. The topological polar surface area (TPSA) is 117 Å². The fourth-order valence-corrected chi connectivity index (χ4v) is 3.53. The maximum absolute atomic E-state index is 12.4. The highest BCUT2D eigenvalue weighted by Gasteiger charge is 2.27. The number of nitrogens with one attached hydrogen (secondary N) is 1. The molecule has 0 bridgehead atoms. The number of nitro benzene ring substituents is 1. The van der Waals surface area contributed by atoms with Gasteiger partial charge in [-0.1, -0.05) is 24.3 Å². The number of esters is 1. The van der Waals surface area contributed by atoms with Gasteiger partial charge in [-0.25, -0.2) is 4.79 Å². The Kier molecular flexibility index (Phi) is 6.51. The minimum atomic E-state index is -0.998. The number of nitrogens with zero attached hydrogens (tertiary/aromatic N) is 1. The molecular formula is C21H22N2O7. The third-order valence-corrected chi connectivity index (χ3v) is 4.96. The van der Waals surface area contributed by atoms with Gasteiger partial charge in [-0.15, -0.1) is 0 Å². The second-order valence-corrected chi connectivity index (χ2v) is 6.77. The van der Waals surface area contributed by atoms with E-state index in [-0.39, 0.29) is 23.1 Å². The van der Waals surface area contributed by atoms with E-state index in [1.54, 1.807) is 0 Å². The molecule has 9 heteroatoms. The van der Waals surface area contributed by atoms with Crippen molar-refractivity contribution in [3.63, 3.8) is 0 Å². The third-order valence-electron chi connectivity index (χ3n) is 4.96. The lowest BCUT2D eigenvalue weighted by Gasteiger charge is -2.26. The van der Waals surface area contributed by atoms with E-state index in [0.29, 0.717) is 0 Å². The lowest BCUT2D eigenvalue weighted by atomic mass is 9.88. The van der Waals surface area contributed by atoms with Gasteiger partial charge in [0, 0.05) is 6.07 Å². The van der Waals surface area contributed by atoms with Crippen LogP contribution in [0.2, 0.25) is 0 Å². The third kappa shape index (κ3) is 4.51. The number of ether oxygens (including phenoxy) is 3. The maximum Gasteiger partial charge on any atom is 0.345 e. The van der Waals surface area contributed by atoms with Crippen molar-refractivity contribution >= 4 is 17.6 Å². The molecule has 1 aliphatic rings. The largest absolute Gasteiger partial charge is 0.493 e. The first-order valence-electron chi connectivity index (χ1n) is 9.39. The maximum atomic E-state index is 12.4. The van der Waals surface area contributed by atoms with E-state index in [1.807, 2.05) is 24.3 Å². The Labute approximate surface area is 173 Å². The Morgan fingerprint density at radius 1 is 1.17 bits per heavy atom. The summed E-state index contributed by atoms with van der Waals surface area (Å²) in [5, 5.41) is 14.2. The molecule has 0 unspecified atom stereocenters. The van der Waals surface area contributed by atoms with E-state index in [9.17, 15) is 19.7 Å². The van der Waals surface area contributed by atoms with Crippen molar-refractivity contribution in [3.8, 4) is 11.5 Å². The van der Waals surface area contributed by atoms with Crippen molar-refractivity contribution in [1.82, 2.24) is 5.32 Å². The summed E-state index contributed by atoms with van der Waals surface area (Å²) in [5.74, 6) is -1.23. The average molecular weight is 414 g/mol. The number of rotatable bonds is 7. The van der Waals surface area contributed by atoms with Gasteiger partial charge in [0.25, 0.3) is 11.6 Å². The van der Waals surface area contributed by atoms with E-state index >= 15 is 0 Å². The van der Waals surface area contributed by atoms with Crippen molar-refractivity contribution < 1.29 is 28.7 Å². The summed E-state index contributed by atoms with van der Waals surface area (Å²) in [5.41, 5.74) is 1.42. The molecular weight excluding hydrogens is 392 g/mol. The van der Waals surface area contributed by atoms with Crippen LogP contribution < -0.4 is 14.8 Å². The van der Waals surface area contributed by atoms with Crippen molar-refractivity contribution in [1.29, 1.82) is 0 Å². The first-order valence-corrected chi connectivity index (χ1v) is 9.39. The van der Waals surface area contributed by atoms with E-state index in [2.05, 4.69) is 5.32 Å². The highest BCUT2D eigenvalue weighted by molar-refractivity contribution is 5.96. The molecule has 1 N–H and O–H groups in total. The zero-order valence-electron chi connectivity index (χ0n) is 16.7. The molecule has 2 aromatic carbocycles. The Bertz CT molecular complexity index is 974. The monoisotopic (exact) mass is 414 g/mol. The van der Waals surface area contributed by atoms with Crippen LogP contribution in [0.3, 0.4) is 0 Å². The first kappa shape index (κ1) is 21.1. The van der Waals surface area contributed by atoms with Crippen LogP contribution in [-0.4, -0.2) is 37.6 Å². The average Bonchev–Trinajstić information content (AvgIpc) is 2.76. The van der Waals surface area contributed by atoms with Crippen LogP contribution in [0.4, 0.5) is 5.69 Å². The molecule has 0 saturated carbocycles. The van der Waals surface area contributed by atoms with Gasteiger partial charge in [0.1, 0.15) is 5.56 Å². The SMILES string of the molecule is COc1cc(C(=O)OCC(=O)N[C@H]2CCCc3ccccc32)c([N+](=O)[O-])cc1OC. The van der Waals surface area contributed by atoms with Gasteiger partial charge in [-0.05, 0) is 30.4 Å². The highest BCUT2D eigenvalue weighted by Crippen LogP contribution is 2.35. The lowest BCUT2D eigenvalue weighted by Crippen LogP contribution is -2.34. The van der Waals surface area contributed by atoms with Crippen molar-refractivity contribution in [2.75, 3.05) is 20.8 Å². The normalized spacial score (nSPS) is 14.9. The van der Waals surface area contributed by atoms with Crippen LogP contribution in [0.1, 0.15) is 40.4 Å². The predicted octanol–water partition coefficient (Wildman–Crippen LogP) is 2.96. The molecule has 1 amide bonds. The van der Waals surface area contributed by atoms with Crippen LogP contribution in [0, 0.1) is 10.1 Å². The fourth-order valence-electron chi connectivity index (χ4n) is 3.53. The number of carbonyl (C=O) groups is 2. The van der Waals surface area contributed by atoms with Gasteiger partial charge in [-0.3, -0.25) is 14.9 Å². The van der Waals surface area contributed by atoms with Gasteiger partial charge >= 0.3 is 5.97 Å². The summed E-state index contributed by atoms with van der Waals surface area (Å²) < 4.78 is 15.1. The summed E-state index contributed by atoms with van der Waals surface area (Å²) in [4.78, 5) is 35.4. The Balaban J connectivity index is 1.69. The minimum absolute atomic E-state index is 0.106. The van der Waals surface area contributed by atoms with Crippen LogP contribution in [0.15, 0.2) is 36.4 Å². The Hall–Kier alpha value is -3.62. The van der Waals surface area contributed by atoms with E-state index in [1.165, 1.54) is 19.8 Å². The van der Waals surface area contributed by atoms with E-state index in [0.717, 1.165) is 37.0 Å². The summed E-state index contributed by atoms with van der Waals surface area (Å²) in [7, 11) is 2.67. The molecule has 30 heavy (non-hydrogen) atoms. The number of aryl methyl sites for hydroxylation is 1. The lowest BCUT2D eigenvalue weighted by molar-refractivity contribution is -0.385. The van der Waals surface area contributed by atoms with Crippen molar-refractivity contribution in [2.24, 2.45) is 0 Å². The second-order valence-electron chi connectivity index (χ2n) is 6.77. The second kappa shape index (κ2) is 9.25. The summed E-state index contributed by atoms with van der Waals surface area (Å²) in [6, 6.07) is 9.96.